The Morgan fingerprint density at radius 1 is 0.345 bits per heavy atom. The average Bonchev–Trinajstić information content (AvgIpc) is 3.78. The van der Waals surface area contributed by atoms with Crippen LogP contribution in [-0.2, 0) is 0 Å². The summed E-state index contributed by atoms with van der Waals surface area (Å²) in [4.78, 5) is 9.38. The minimum absolute atomic E-state index is 0.988. The zero-order valence-corrected chi connectivity index (χ0v) is 29.7. The molecule has 0 fully saturated rings. The lowest BCUT2D eigenvalue weighted by Gasteiger charge is -2.20. The lowest BCUT2D eigenvalue weighted by Crippen LogP contribution is -1.94. The zero-order chi connectivity index (χ0) is 36.0. The van der Waals surface area contributed by atoms with Gasteiger partial charge in [0.1, 0.15) is 0 Å². The van der Waals surface area contributed by atoms with Crippen LogP contribution in [0.5, 0.6) is 0 Å². The van der Waals surface area contributed by atoms with Crippen LogP contribution in [0.4, 0.5) is 0 Å². The van der Waals surface area contributed by atoms with E-state index in [1.807, 2.05) is 24.7 Å². The van der Waals surface area contributed by atoms with E-state index in [1.54, 1.807) is 0 Å². The molecule has 0 radical (unpaired) electrons. The Labute approximate surface area is 317 Å². The number of rotatable bonds is 4. The van der Waals surface area contributed by atoms with Crippen LogP contribution < -0.4 is 0 Å². The molecule has 0 bridgehead atoms. The molecule has 0 aliphatic heterocycles. The standard InChI is InChI=1S/C52H31N3/c1-3-12-33(13-4-1)47-38-16-7-8-17-39(38)48(34-14-5-2-6-15-34)52-42-27-26-36(37-19-11-20-41(49(37)42)51(47)52)32-22-24-35(25-23-32)55-45-28-29-53-30-43(45)50-40-18-9-10-21-44(40)54-31-46(50)55/h1-31H. The molecule has 0 atom stereocenters. The van der Waals surface area contributed by atoms with Crippen molar-refractivity contribution in [2.45, 2.75) is 0 Å². The Bertz CT molecular complexity index is 3250. The van der Waals surface area contributed by atoms with Crippen molar-refractivity contribution >= 4 is 54.3 Å². The Hall–Kier alpha value is -7.36. The van der Waals surface area contributed by atoms with E-state index < -0.39 is 0 Å². The van der Waals surface area contributed by atoms with Gasteiger partial charge in [0.15, 0.2) is 0 Å². The van der Waals surface area contributed by atoms with Crippen LogP contribution in [0, 0.1) is 0 Å². The van der Waals surface area contributed by atoms with E-state index in [4.69, 9.17) is 4.98 Å². The summed E-state index contributed by atoms with van der Waals surface area (Å²) in [6.45, 7) is 0. The molecule has 0 N–H and O–H groups in total. The Morgan fingerprint density at radius 2 is 0.945 bits per heavy atom. The molecule has 0 saturated carbocycles. The van der Waals surface area contributed by atoms with Crippen LogP contribution in [0.1, 0.15) is 0 Å². The van der Waals surface area contributed by atoms with Gasteiger partial charge in [-0.05, 0) is 101 Å². The Kier molecular flexibility index (Phi) is 6.34. The summed E-state index contributed by atoms with van der Waals surface area (Å²) >= 11 is 0. The SMILES string of the molecule is c1ccc(-c2c3c(c(-c4ccccc4)c4ccccc24)-c2ccc(-c4ccc(-n5c6ccncc6c6c7ccccc7ncc65)cc4)c4cccc-3c24)cc1. The van der Waals surface area contributed by atoms with E-state index >= 15 is 0 Å². The number of aromatic nitrogens is 3. The highest BCUT2D eigenvalue weighted by molar-refractivity contribution is 6.29. The van der Waals surface area contributed by atoms with E-state index in [1.165, 1.54) is 82.6 Å². The number of hydrogen-bond donors (Lipinski definition) is 0. The third-order valence-electron chi connectivity index (χ3n) is 11.7. The third-order valence-corrected chi connectivity index (χ3v) is 11.7. The summed E-state index contributed by atoms with van der Waals surface area (Å²) < 4.78 is 2.32. The molecule has 11 aromatic rings. The summed E-state index contributed by atoms with van der Waals surface area (Å²) in [7, 11) is 0. The van der Waals surface area contributed by atoms with Gasteiger partial charge < -0.3 is 4.57 Å². The topological polar surface area (TPSA) is 30.7 Å². The minimum Gasteiger partial charge on any atom is -0.308 e. The maximum absolute atomic E-state index is 4.86. The van der Waals surface area contributed by atoms with Gasteiger partial charge in [0.2, 0.25) is 0 Å². The first-order valence-corrected chi connectivity index (χ1v) is 18.8. The molecule has 254 valence electrons. The highest BCUT2D eigenvalue weighted by Gasteiger charge is 2.31. The second-order valence-electron chi connectivity index (χ2n) is 14.5. The molecule has 0 amide bonds. The van der Waals surface area contributed by atoms with Crippen molar-refractivity contribution in [3.05, 3.63) is 188 Å². The van der Waals surface area contributed by atoms with Crippen molar-refractivity contribution in [2.75, 3.05) is 0 Å². The second-order valence-corrected chi connectivity index (χ2v) is 14.5. The van der Waals surface area contributed by atoms with Gasteiger partial charge in [-0.1, -0.05) is 146 Å². The van der Waals surface area contributed by atoms with Gasteiger partial charge in [0.25, 0.3) is 0 Å². The molecule has 55 heavy (non-hydrogen) atoms. The normalized spacial score (nSPS) is 12.0. The van der Waals surface area contributed by atoms with E-state index in [0.717, 1.165) is 33.0 Å². The fourth-order valence-electron chi connectivity index (χ4n) is 9.42. The van der Waals surface area contributed by atoms with E-state index in [0.29, 0.717) is 0 Å². The lowest BCUT2D eigenvalue weighted by molar-refractivity contribution is 1.17. The number of fused-ring (bicyclic) bond motifs is 9. The van der Waals surface area contributed by atoms with Crippen LogP contribution in [0.2, 0.25) is 0 Å². The van der Waals surface area contributed by atoms with Crippen LogP contribution in [-0.4, -0.2) is 14.5 Å². The van der Waals surface area contributed by atoms with Crippen molar-refractivity contribution in [2.24, 2.45) is 0 Å². The molecule has 0 saturated heterocycles. The molecule has 12 rings (SSSR count). The second kappa shape index (κ2) is 11.6. The largest absolute Gasteiger partial charge is 0.308 e. The first kappa shape index (κ1) is 30.1. The number of hydrogen-bond acceptors (Lipinski definition) is 2. The minimum atomic E-state index is 0.988. The number of pyridine rings is 2. The third kappa shape index (κ3) is 4.26. The van der Waals surface area contributed by atoms with Crippen LogP contribution in [0.25, 0.3) is 116 Å². The molecule has 0 spiro atoms. The van der Waals surface area contributed by atoms with Crippen molar-refractivity contribution in [1.29, 1.82) is 0 Å². The summed E-state index contributed by atoms with van der Waals surface area (Å²) in [5.41, 5.74) is 17.0. The first-order chi connectivity index (χ1) is 27.3. The summed E-state index contributed by atoms with van der Waals surface area (Å²) in [5, 5.41) is 8.58. The molecule has 1 aliphatic carbocycles. The van der Waals surface area contributed by atoms with Crippen LogP contribution in [0.15, 0.2) is 188 Å². The van der Waals surface area contributed by atoms with E-state index in [-0.39, 0.29) is 0 Å². The first-order valence-electron chi connectivity index (χ1n) is 18.8. The lowest BCUT2D eigenvalue weighted by atomic mass is 9.82. The number of para-hydroxylation sites is 1. The van der Waals surface area contributed by atoms with Crippen molar-refractivity contribution in [3.63, 3.8) is 0 Å². The van der Waals surface area contributed by atoms with Gasteiger partial charge in [-0.15, -0.1) is 0 Å². The molecule has 0 unspecified atom stereocenters. The molecule has 3 aromatic heterocycles. The molecule has 8 aromatic carbocycles. The monoisotopic (exact) mass is 697 g/mol. The number of nitrogens with zero attached hydrogens (tertiary/aromatic N) is 3. The summed E-state index contributed by atoms with van der Waals surface area (Å²) in [6, 6.07) is 61.9. The summed E-state index contributed by atoms with van der Waals surface area (Å²) in [6.07, 6.45) is 5.86. The van der Waals surface area contributed by atoms with Gasteiger partial charge in [-0.25, -0.2) is 0 Å². The maximum Gasteiger partial charge on any atom is 0.0731 e. The van der Waals surface area contributed by atoms with E-state index in [2.05, 4.69) is 173 Å². The molecule has 3 heterocycles. The Balaban J connectivity index is 1.08. The van der Waals surface area contributed by atoms with Gasteiger partial charge in [0, 0.05) is 34.2 Å². The fourth-order valence-corrected chi connectivity index (χ4v) is 9.42. The number of benzene rings is 8. The van der Waals surface area contributed by atoms with Crippen molar-refractivity contribution < 1.29 is 0 Å². The van der Waals surface area contributed by atoms with Crippen LogP contribution >= 0.6 is 0 Å². The van der Waals surface area contributed by atoms with Crippen molar-refractivity contribution in [1.82, 2.24) is 14.5 Å². The summed E-state index contributed by atoms with van der Waals surface area (Å²) in [5.74, 6) is 0. The van der Waals surface area contributed by atoms with Gasteiger partial charge in [0.05, 0.1) is 22.7 Å². The highest BCUT2D eigenvalue weighted by Crippen LogP contribution is 2.58. The van der Waals surface area contributed by atoms with Crippen molar-refractivity contribution in [3.8, 4) is 61.3 Å². The zero-order valence-electron chi connectivity index (χ0n) is 29.7. The smallest absolute Gasteiger partial charge is 0.0731 e. The highest BCUT2D eigenvalue weighted by atomic mass is 15.0. The van der Waals surface area contributed by atoms with Gasteiger partial charge in [-0.2, -0.15) is 0 Å². The molecular weight excluding hydrogens is 667 g/mol. The fraction of sp³-hybridized carbons (Fsp3) is 0. The van der Waals surface area contributed by atoms with E-state index in [9.17, 15) is 0 Å². The molecule has 3 heteroatoms. The Morgan fingerprint density at radius 3 is 1.65 bits per heavy atom. The molecular formula is C52H31N3. The van der Waals surface area contributed by atoms with Crippen LogP contribution in [0.3, 0.4) is 0 Å². The average molecular weight is 698 g/mol. The predicted octanol–water partition coefficient (Wildman–Crippen LogP) is 13.7. The van der Waals surface area contributed by atoms with Gasteiger partial charge in [-0.3, -0.25) is 9.97 Å². The molecule has 3 nitrogen and oxygen atoms in total. The maximum atomic E-state index is 4.86. The predicted molar refractivity (Wildman–Crippen MR) is 230 cm³/mol. The quantitative estimate of drug-likeness (QED) is 0.183. The van der Waals surface area contributed by atoms with Gasteiger partial charge >= 0.3 is 0 Å². The molecule has 1 aliphatic rings.